The monoisotopic (exact) mass is 474 g/mol. The fourth-order valence-electron chi connectivity index (χ4n) is 6.06. The van der Waals surface area contributed by atoms with Gasteiger partial charge in [0, 0.05) is 30.4 Å². The maximum Gasteiger partial charge on any atom is 0.253 e. The van der Waals surface area contributed by atoms with Crippen molar-refractivity contribution in [3.63, 3.8) is 0 Å². The number of amides is 4. The van der Waals surface area contributed by atoms with Gasteiger partial charge < -0.3 is 9.80 Å². The molecule has 2 aromatic rings. The van der Waals surface area contributed by atoms with E-state index in [2.05, 4.69) is 5.32 Å². The zero-order valence-corrected chi connectivity index (χ0v) is 20.2. The molecule has 1 N–H and O–H groups in total. The zero-order valence-electron chi connectivity index (χ0n) is 20.2. The van der Waals surface area contributed by atoms with Gasteiger partial charge >= 0.3 is 0 Å². The van der Waals surface area contributed by atoms with Crippen molar-refractivity contribution >= 4 is 29.3 Å². The number of anilines is 1. The topological polar surface area (TPSA) is 90.0 Å². The van der Waals surface area contributed by atoms with E-state index in [4.69, 9.17) is 0 Å². The average molecular weight is 475 g/mol. The van der Waals surface area contributed by atoms with Crippen LogP contribution in [0, 0.1) is 11.8 Å². The third-order valence-corrected chi connectivity index (χ3v) is 7.70. The van der Waals surface area contributed by atoms with E-state index in [1.165, 1.54) is 9.80 Å². The van der Waals surface area contributed by atoms with Crippen molar-refractivity contribution in [3.8, 4) is 0 Å². The van der Waals surface area contributed by atoms with Gasteiger partial charge in [-0.05, 0) is 32.4 Å². The van der Waals surface area contributed by atoms with Crippen LogP contribution in [0.3, 0.4) is 0 Å². The number of likely N-dealkylation sites (N-methyl/N-ethyl adjacent to an activating group) is 1. The number of carbonyl (C=O) groups is 4. The molecule has 0 aromatic heterocycles. The highest BCUT2D eigenvalue weighted by atomic mass is 16.2. The lowest BCUT2D eigenvalue weighted by atomic mass is 9.76. The van der Waals surface area contributed by atoms with E-state index in [9.17, 15) is 19.2 Å². The third kappa shape index (κ3) is 3.31. The summed E-state index contributed by atoms with van der Waals surface area (Å²) >= 11 is 0. The molecule has 0 radical (unpaired) electrons. The highest BCUT2D eigenvalue weighted by molar-refractivity contribution is 6.17. The van der Waals surface area contributed by atoms with Crippen LogP contribution in [0.5, 0.6) is 0 Å². The van der Waals surface area contributed by atoms with Crippen LogP contribution in [0.1, 0.15) is 31.9 Å². The zero-order chi connectivity index (χ0) is 24.9. The third-order valence-electron chi connectivity index (χ3n) is 7.70. The number of rotatable bonds is 6. The summed E-state index contributed by atoms with van der Waals surface area (Å²) in [5.41, 5.74) is 0.746. The Labute approximate surface area is 204 Å². The minimum atomic E-state index is -1.37. The summed E-state index contributed by atoms with van der Waals surface area (Å²) in [6.07, 6.45) is 0. The molecule has 2 saturated heterocycles. The van der Waals surface area contributed by atoms with Crippen LogP contribution in [0.4, 0.5) is 5.69 Å². The standard InChI is InChI=1S/C27H30N4O4/c1-4-29(5-2)21(32)16-30-20-14-10-9-13-19(20)27(26(30)35)23-22(17(3)28-27)24(33)31(25(23)34)15-18-11-7-6-8-12-18/h6-14,17,22-23,28H,4-5,15-16H2,1-3H3. The molecule has 5 rings (SSSR count). The van der Waals surface area contributed by atoms with Crippen molar-refractivity contribution in [1.82, 2.24) is 15.1 Å². The molecule has 0 bridgehead atoms. The second kappa shape index (κ2) is 8.61. The van der Waals surface area contributed by atoms with Gasteiger partial charge in [-0.15, -0.1) is 0 Å². The van der Waals surface area contributed by atoms with Crippen molar-refractivity contribution in [2.75, 3.05) is 24.5 Å². The molecule has 4 atom stereocenters. The lowest BCUT2D eigenvalue weighted by Gasteiger charge is -2.30. The number of carbonyl (C=O) groups excluding carboxylic acids is 4. The van der Waals surface area contributed by atoms with Crippen molar-refractivity contribution < 1.29 is 19.2 Å². The van der Waals surface area contributed by atoms with Gasteiger partial charge in [-0.25, -0.2) is 0 Å². The molecule has 3 heterocycles. The van der Waals surface area contributed by atoms with E-state index in [0.717, 1.165) is 5.56 Å². The SMILES string of the molecule is CCN(CC)C(=O)CN1C(=O)C2(NC(C)C3C(=O)N(Cc4ccccc4)C(=O)C32)c2ccccc21. The molecule has 2 aromatic carbocycles. The summed E-state index contributed by atoms with van der Waals surface area (Å²) in [6, 6.07) is 16.3. The van der Waals surface area contributed by atoms with Gasteiger partial charge in [-0.2, -0.15) is 0 Å². The minimum Gasteiger partial charge on any atom is -0.342 e. The van der Waals surface area contributed by atoms with E-state index in [0.29, 0.717) is 24.3 Å². The predicted molar refractivity (Wildman–Crippen MR) is 130 cm³/mol. The number of benzene rings is 2. The van der Waals surface area contributed by atoms with Crippen molar-refractivity contribution in [2.45, 2.75) is 38.9 Å². The van der Waals surface area contributed by atoms with Gasteiger partial charge in [0.15, 0.2) is 0 Å². The van der Waals surface area contributed by atoms with E-state index in [-0.39, 0.29) is 42.8 Å². The largest absolute Gasteiger partial charge is 0.342 e. The first kappa shape index (κ1) is 23.2. The number of likely N-dealkylation sites (tertiary alicyclic amines) is 1. The van der Waals surface area contributed by atoms with Gasteiger partial charge in [0.25, 0.3) is 5.91 Å². The number of nitrogens with one attached hydrogen (secondary N) is 1. The number of nitrogens with zero attached hydrogens (tertiary/aromatic N) is 3. The fourth-order valence-corrected chi connectivity index (χ4v) is 6.06. The Morgan fingerprint density at radius 1 is 0.943 bits per heavy atom. The van der Waals surface area contributed by atoms with Gasteiger partial charge in [-0.3, -0.25) is 29.4 Å². The molecule has 4 amide bonds. The Morgan fingerprint density at radius 2 is 1.60 bits per heavy atom. The van der Waals surface area contributed by atoms with Crippen molar-refractivity contribution in [1.29, 1.82) is 0 Å². The van der Waals surface area contributed by atoms with Crippen LogP contribution < -0.4 is 10.2 Å². The Bertz CT molecular complexity index is 1190. The van der Waals surface area contributed by atoms with Crippen molar-refractivity contribution in [3.05, 3.63) is 65.7 Å². The van der Waals surface area contributed by atoms with E-state index in [1.54, 1.807) is 11.0 Å². The molecule has 0 saturated carbocycles. The Hall–Kier alpha value is -3.52. The fraction of sp³-hybridized carbons (Fsp3) is 0.407. The predicted octanol–water partition coefficient (Wildman–Crippen LogP) is 1.89. The molecule has 8 nitrogen and oxygen atoms in total. The number of fused-ring (bicyclic) bond motifs is 4. The first-order valence-electron chi connectivity index (χ1n) is 12.2. The molecule has 8 heteroatoms. The summed E-state index contributed by atoms with van der Waals surface area (Å²) in [7, 11) is 0. The Balaban J connectivity index is 1.54. The summed E-state index contributed by atoms with van der Waals surface area (Å²) in [4.78, 5) is 58.9. The highest BCUT2D eigenvalue weighted by Gasteiger charge is 2.70. The molecule has 0 aliphatic carbocycles. The molecule has 2 fully saturated rings. The number of hydrogen-bond acceptors (Lipinski definition) is 5. The van der Waals surface area contributed by atoms with Gasteiger partial charge in [0.2, 0.25) is 17.7 Å². The minimum absolute atomic E-state index is 0.109. The van der Waals surface area contributed by atoms with Crippen LogP contribution >= 0.6 is 0 Å². The number of para-hydroxylation sites is 1. The molecule has 1 spiro atoms. The summed E-state index contributed by atoms with van der Waals surface area (Å²) in [5.74, 6) is -2.62. The van der Waals surface area contributed by atoms with Gasteiger partial charge in [0.1, 0.15) is 12.1 Å². The van der Waals surface area contributed by atoms with Gasteiger partial charge in [0.05, 0.1) is 18.4 Å². The second-order valence-corrected chi connectivity index (χ2v) is 9.47. The van der Waals surface area contributed by atoms with Crippen LogP contribution in [0.2, 0.25) is 0 Å². The number of imide groups is 1. The molecule has 3 aliphatic rings. The van der Waals surface area contributed by atoms with Crippen molar-refractivity contribution in [2.24, 2.45) is 11.8 Å². The van der Waals surface area contributed by atoms with E-state index < -0.39 is 17.4 Å². The normalized spacial score (nSPS) is 27.1. The highest BCUT2D eigenvalue weighted by Crippen LogP contribution is 2.54. The van der Waals surface area contributed by atoms with Crippen LogP contribution in [0.25, 0.3) is 0 Å². The Kier molecular flexibility index (Phi) is 5.71. The average Bonchev–Trinajstić information content (AvgIpc) is 3.40. The maximum atomic E-state index is 14.1. The lowest BCUT2D eigenvalue weighted by molar-refractivity contribution is -0.143. The van der Waals surface area contributed by atoms with E-state index >= 15 is 0 Å². The second-order valence-electron chi connectivity index (χ2n) is 9.47. The summed E-state index contributed by atoms with van der Waals surface area (Å²) < 4.78 is 0. The van der Waals surface area contributed by atoms with Gasteiger partial charge in [-0.1, -0.05) is 48.5 Å². The lowest BCUT2D eigenvalue weighted by Crippen LogP contribution is -2.55. The maximum absolute atomic E-state index is 14.1. The van der Waals surface area contributed by atoms with E-state index in [1.807, 2.05) is 69.3 Å². The molecule has 4 unspecified atom stereocenters. The molecule has 3 aliphatic heterocycles. The molecular formula is C27H30N4O4. The van der Waals surface area contributed by atoms with Crippen LogP contribution in [-0.2, 0) is 31.3 Å². The molecule has 35 heavy (non-hydrogen) atoms. The Morgan fingerprint density at radius 3 is 2.29 bits per heavy atom. The summed E-state index contributed by atoms with van der Waals surface area (Å²) in [6.45, 7) is 6.81. The molecule has 182 valence electrons. The smallest absolute Gasteiger partial charge is 0.253 e. The first-order chi connectivity index (χ1) is 16.8. The van der Waals surface area contributed by atoms with Crippen LogP contribution in [-0.4, -0.2) is 59.1 Å². The number of hydrogen-bond donors (Lipinski definition) is 1. The quantitative estimate of drug-likeness (QED) is 0.646. The molecular weight excluding hydrogens is 444 g/mol. The summed E-state index contributed by atoms with van der Waals surface area (Å²) in [5, 5.41) is 3.36. The first-order valence-corrected chi connectivity index (χ1v) is 12.2. The van der Waals surface area contributed by atoms with Crippen LogP contribution in [0.15, 0.2) is 54.6 Å².